The van der Waals surface area contributed by atoms with E-state index in [4.69, 9.17) is 0 Å². The van der Waals surface area contributed by atoms with Crippen LogP contribution >= 0.6 is 11.8 Å². The van der Waals surface area contributed by atoms with E-state index < -0.39 is 10.0 Å². The molecule has 1 fully saturated rings. The van der Waals surface area contributed by atoms with Crippen LogP contribution in [0.5, 0.6) is 0 Å². The van der Waals surface area contributed by atoms with E-state index in [9.17, 15) is 8.42 Å². The average molecular weight is 286 g/mol. The van der Waals surface area contributed by atoms with E-state index in [1.165, 1.54) is 0 Å². The van der Waals surface area contributed by atoms with Crippen LogP contribution in [-0.4, -0.2) is 33.0 Å². The SMILES string of the molecule is CSc1cccc(NS(=O)(=O)C2CCCNC2)c1. The maximum absolute atomic E-state index is 12.2. The van der Waals surface area contributed by atoms with Crippen molar-refractivity contribution in [3.05, 3.63) is 24.3 Å². The molecule has 1 atom stereocenters. The Balaban J connectivity index is 2.11. The van der Waals surface area contributed by atoms with Gasteiger partial charge in [-0.1, -0.05) is 6.07 Å². The number of sulfonamides is 1. The van der Waals surface area contributed by atoms with E-state index in [0.29, 0.717) is 12.2 Å². The highest BCUT2D eigenvalue weighted by Crippen LogP contribution is 2.21. The quantitative estimate of drug-likeness (QED) is 0.830. The molecule has 1 unspecified atom stereocenters. The van der Waals surface area contributed by atoms with Gasteiger partial charge in [-0.15, -0.1) is 11.8 Å². The number of hydrogen-bond acceptors (Lipinski definition) is 4. The molecule has 18 heavy (non-hydrogen) atoms. The molecule has 0 spiro atoms. The first kappa shape index (κ1) is 13.7. The average Bonchev–Trinajstić information content (AvgIpc) is 2.39. The Hall–Kier alpha value is -0.720. The monoisotopic (exact) mass is 286 g/mol. The van der Waals surface area contributed by atoms with Gasteiger partial charge in [-0.2, -0.15) is 0 Å². The number of piperidine rings is 1. The molecule has 2 rings (SSSR count). The summed E-state index contributed by atoms with van der Waals surface area (Å²) in [7, 11) is -3.28. The van der Waals surface area contributed by atoms with Crippen molar-refractivity contribution in [2.75, 3.05) is 24.1 Å². The summed E-state index contributed by atoms with van der Waals surface area (Å²) in [6, 6.07) is 7.47. The zero-order chi connectivity index (χ0) is 13.0. The fourth-order valence-electron chi connectivity index (χ4n) is 2.02. The van der Waals surface area contributed by atoms with Gasteiger partial charge < -0.3 is 5.32 Å². The lowest BCUT2D eigenvalue weighted by atomic mass is 10.2. The minimum absolute atomic E-state index is 0.329. The van der Waals surface area contributed by atoms with Gasteiger partial charge in [0.2, 0.25) is 10.0 Å². The van der Waals surface area contributed by atoms with Crippen LogP contribution in [0, 0.1) is 0 Å². The number of thioether (sulfide) groups is 1. The van der Waals surface area contributed by atoms with Crippen molar-refractivity contribution in [3.8, 4) is 0 Å². The van der Waals surface area contributed by atoms with Crippen molar-refractivity contribution in [1.82, 2.24) is 5.32 Å². The number of hydrogen-bond donors (Lipinski definition) is 2. The van der Waals surface area contributed by atoms with Gasteiger partial charge in [0, 0.05) is 17.1 Å². The molecule has 0 aliphatic carbocycles. The third-order valence-electron chi connectivity index (χ3n) is 3.02. The molecular weight excluding hydrogens is 268 g/mol. The van der Waals surface area contributed by atoms with E-state index in [-0.39, 0.29) is 5.25 Å². The van der Waals surface area contributed by atoms with Crippen molar-refractivity contribution in [3.63, 3.8) is 0 Å². The van der Waals surface area contributed by atoms with Crippen LogP contribution in [-0.2, 0) is 10.0 Å². The van der Waals surface area contributed by atoms with Crippen LogP contribution in [0.3, 0.4) is 0 Å². The lowest BCUT2D eigenvalue weighted by Crippen LogP contribution is -2.41. The molecule has 1 aromatic carbocycles. The molecule has 1 aliphatic heterocycles. The molecule has 100 valence electrons. The van der Waals surface area contributed by atoms with E-state index in [2.05, 4.69) is 10.0 Å². The molecule has 0 bridgehead atoms. The smallest absolute Gasteiger partial charge is 0.236 e. The molecular formula is C12H18N2O2S2. The molecule has 6 heteroatoms. The van der Waals surface area contributed by atoms with Gasteiger partial charge in [-0.05, 0) is 43.8 Å². The second-order valence-electron chi connectivity index (χ2n) is 4.35. The molecule has 2 N–H and O–H groups in total. The van der Waals surface area contributed by atoms with E-state index in [0.717, 1.165) is 24.3 Å². The van der Waals surface area contributed by atoms with Crippen molar-refractivity contribution >= 4 is 27.5 Å². The van der Waals surface area contributed by atoms with Crippen LogP contribution in [0.25, 0.3) is 0 Å². The van der Waals surface area contributed by atoms with Gasteiger partial charge in [-0.25, -0.2) is 8.42 Å². The van der Waals surface area contributed by atoms with E-state index in [1.807, 2.05) is 24.5 Å². The number of benzene rings is 1. The summed E-state index contributed by atoms with van der Waals surface area (Å²) in [4.78, 5) is 1.05. The van der Waals surface area contributed by atoms with Gasteiger partial charge in [0.25, 0.3) is 0 Å². The summed E-state index contributed by atoms with van der Waals surface area (Å²) in [5, 5.41) is 2.80. The molecule has 1 saturated heterocycles. The topological polar surface area (TPSA) is 58.2 Å². The fraction of sp³-hybridized carbons (Fsp3) is 0.500. The number of anilines is 1. The van der Waals surface area contributed by atoms with Crippen LogP contribution in [0.15, 0.2) is 29.2 Å². The summed E-state index contributed by atoms with van der Waals surface area (Å²) in [5.74, 6) is 0. The minimum atomic E-state index is -3.28. The molecule has 0 aromatic heterocycles. The van der Waals surface area contributed by atoms with Crippen molar-refractivity contribution in [2.45, 2.75) is 23.0 Å². The lowest BCUT2D eigenvalue weighted by Gasteiger charge is -2.23. The van der Waals surface area contributed by atoms with Gasteiger partial charge in [0.15, 0.2) is 0 Å². The number of nitrogens with one attached hydrogen (secondary N) is 2. The van der Waals surface area contributed by atoms with Crippen LogP contribution in [0.4, 0.5) is 5.69 Å². The van der Waals surface area contributed by atoms with Gasteiger partial charge in [0.05, 0.1) is 5.25 Å². The zero-order valence-electron chi connectivity index (χ0n) is 10.3. The summed E-state index contributed by atoms with van der Waals surface area (Å²) < 4.78 is 27.1. The molecule has 1 aromatic rings. The first-order valence-corrected chi connectivity index (χ1v) is 8.75. The highest BCUT2D eigenvalue weighted by molar-refractivity contribution is 7.98. The van der Waals surface area contributed by atoms with Crippen LogP contribution in [0.1, 0.15) is 12.8 Å². The van der Waals surface area contributed by atoms with Gasteiger partial charge >= 0.3 is 0 Å². The summed E-state index contributed by atoms with van der Waals surface area (Å²) in [6.45, 7) is 1.45. The Labute approximate surface area is 113 Å². The minimum Gasteiger partial charge on any atom is -0.315 e. The second-order valence-corrected chi connectivity index (χ2v) is 7.19. The summed E-state index contributed by atoms with van der Waals surface area (Å²) >= 11 is 1.60. The van der Waals surface area contributed by atoms with Crippen LogP contribution < -0.4 is 10.0 Å². The highest BCUT2D eigenvalue weighted by atomic mass is 32.2. The highest BCUT2D eigenvalue weighted by Gasteiger charge is 2.26. The molecule has 4 nitrogen and oxygen atoms in total. The van der Waals surface area contributed by atoms with Crippen molar-refractivity contribution in [1.29, 1.82) is 0 Å². The summed E-state index contributed by atoms with van der Waals surface area (Å²) in [6.07, 6.45) is 3.61. The maximum Gasteiger partial charge on any atom is 0.236 e. The summed E-state index contributed by atoms with van der Waals surface area (Å²) in [5.41, 5.74) is 0.646. The maximum atomic E-state index is 12.2. The first-order valence-electron chi connectivity index (χ1n) is 5.98. The van der Waals surface area contributed by atoms with Crippen molar-refractivity contribution < 1.29 is 8.42 Å². The van der Waals surface area contributed by atoms with E-state index in [1.54, 1.807) is 17.8 Å². The first-order chi connectivity index (χ1) is 8.62. The largest absolute Gasteiger partial charge is 0.315 e. The Bertz CT molecular complexity index is 497. The lowest BCUT2D eigenvalue weighted by molar-refractivity contribution is 0.499. The van der Waals surface area contributed by atoms with Gasteiger partial charge in [0.1, 0.15) is 0 Å². The Morgan fingerprint density at radius 3 is 2.94 bits per heavy atom. The Morgan fingerprint density at radius 1 is 1.44 bits per heavy atom. The van der Waals surface area contributed by atoms with E-state index >= 15 is 0 Å². The fourth-order valence-corrected chi connectivity index (χ4v) is 3.91. The van der Waals surface area contributed by atoms with Crippen molar-refractivity contribution in [2.24, 2.45) is 0 Å². The van der Waals surface area contributed by atoms with Crippen LogP contribution in [0.2, 0.25) is 0 Å². The third kappa shape index (κ3) is 3.40. The standard InChI is InChI=1S/C12H18N2O2S2/c1-17-11-5-2-4-10(8-11)14-18(15,16)12-6-3-7-13-9-12/h2,4-5,8,12-14H,3,6-7,9H2,1H3. The predicted octanol–water partition coefficient (Wildman–Crippen LogP) is 1.90. The third-order valence-corrected chi connectivity index (χ3v) is 5.55. The Morgan fingerprint density at radius 2 is 2.28 bits per heavy atom. The Kier molecular flexibility index (Phi) is 4.53. The number of rotatable bonds is 4. The molecule has 1 aliphatic rings. The normalized spacial score (nSPS) is 20.6. The molecule has 1 heterocycles. The molecule has 0 amide bonds. The molecule has 0 saturated carbocycles. The predicted molar refractivity (Wildman–Crippen MR) is 76.7 cm³/mol. The second kappa shape index (κ2) is 5.95. The zero-order valence-corrected chi connectivity index (χ0v) is 12.0. The van der Waals surface area contributed by atoms with Gasteiger partial charge in [-0.3, -0.25) is 4.72 Å². The molecule has 0 radical (unpaired) electrons.